The van der Waals surface area contributed by atoms with E-state index in [4.69, 9.17) is 16.3 Å². The highest BCUT2D eigenvalue weighted by atomic mass is 79.9. The molecule has 0 bridgehead atoms. The van der Waals surface area contributed by atoms with Gasteiger partial charge in [0.25, 0.3) is 0 Å². The Labute approximate surface area is 136 Å². The molecule has 110 valence electrons. The van der Waals surface area contributed by atoms with Crippen molar-refractivity contribution in [2.75, 3.05) is 18.5 Å². The minimum Gasteiger partial charge on any atom is -0.493 e. The van der Waals surface area contributed by atoms with E-state index in [9.17, 15) is 4.39 Å². The van der Waals surface area contributed by atoms with E-state index in [1.807, 2.05) is 18.2 Å². The van der Waals surface area contributed by atoms with Gasteiger partial charge in [0.2, 0.25) is 0 Å². The molecule has 0 spiro atoms. The molecule has 0 radical (unpaired) electrons. The Morgan fingerprint density at radius 3 is 2.95 bits per heavy atom. The van der Waals surface area contributed by atoms with Gasteiger partial charge in [-0.1, -0.05) is 29.8 Å². The Bertz CT molecular complexity index is 641. The highest BCUT2D eigenvalue weighted by molar-refractivity contribution is 9.10. The van der Waals surface area contributed by atoms with Crippen LogP contribution >= 0.6 is 27.5 Å². The van der Waals surface area contributed by atoms with E-state index in [-0.39, 0.29) is 5.82 Å². The average Bonchev–Trinajstić information content (AvgIpc) is 2.46. The van der Waals surface area contributed by atoms with Gasteiger partial charge < -0.3 is 10.1 Å². The maximum Gasteiger partial charge on any atom is 0.125 e. The maximum atomic E-state index is 13.2. The topological polar surface area (TPSA) is 21.3 Å². The molecule has 3 rings (SSSR count). The van der Waals surface area contributed by atoms with Crippen LogP contribution in [0.3, 0.4) is 0 Å². The lowest BCUT2D eigenvalue weighted by Crippen LogP contribution is -2.21. The highest BCUT2D eigenvalue weighted by Gasteiger charge is 2.21. The molecule has 0 fully saturated rings. The Balaban J connectivity index is 1.78. The van der Waals surface area contributed by atoms with Crippen molar-refractivity contribution >= 4 is 33.2 Å². The third kappa shape index (κ3) is 3.16. The molecule has 0 aliphatic carbocycles. The van der Waals surface area contributed by atoms with Crippen LogP contribution in [0.25, 0.3) is 0 Å². The number of benzene rings is 2. The summed E-state index contributed by atoms with van der Waals surface area (Å²) < 4.78 is 19.5. The smallest absolute Gasteiger partial charge is 0.125 e. The predicted octanol–water partition coefficient (Wildman–Crippen LogP) is 5.22. The first-order chi connectivity index (χ1) is 10.1. The standard InChI is InChI=1S/C16H14BrClFNO/c17-13-7-11(19)8-14(18)16(13)20-9-10-5-6-21-15-4-2-1-3-12(10)15/h1-4,7-8,10,20H,5-6,9H2. The van der Waals surface area contributed by atoms with Gasteiger partial charge in [-0.25, -0.2) is 4.39 Å². The molecule has 0 aromatic heterocycles. The molecule has 1 aliphatic heterocycles. The third-order valence-electron chi connectivity index (χ3n) is 3.61. The van der Waals surface area contributed by atoms with Gasteiger partial charge in [0, 0.05) is 16.9 Å². The van der Waals surface area contributed by atoms with Crippen molar-refractivity contribution < 1.29 is 9.13 Å². The second kappa shape index (κ2) is 6.24. The summed E-state index contributed by atoms with van der Waals surface area (Å²) in [5.74, 6) is 0.941. The van der Waals surface area contributed by atoms with Gasteiger partial charge in [0.1, 0.15) is 11.6 Å². The van der Waals surface area contributed by atoms with Crippen molar-refractivity contribution in [2.24, 2.45) is 0 Å². The number of para-hydroxylation sites is 1. The molecule has 2 aromatic rings. The molecule has 0 amide bonds. The first-order valence-corrected chi connectivity index (χ1v) is 7.92. The van der Waals surface area contributed by atoms with Crippen molar-refractivity contribution in [2.45, 2.75) is 12.3 Å². The molecule has 21 heavy (non-hydrogen) atoms. The number of fused-ring (bicyclic) bond motifs is 1. The van der Waals surface area contributed by atoms with Gasteiger partial charge in [-0.2, -0.15) is 0 Å². The number of hydrogen-bond acceptors (Lipinski definition) is 2. The maximum absolute atomic E-state index is 13.2. The number of halogens is 3. The number of ether oxygens (including phenoxy) is 1. The van der Waals surface area contributed by atoms with E-state index < -0.39 is 0 Å². The summed E-state index contributed by atoms with van der Waals surface area (Å²) >= 11 is 9.44. The van der Waals surface area contributed by atoms with E-state index in [1.54, 1.807) is 0 Å². The Morgan fingerprint density at radius 2 is 2.14 bits per heavy atom. The van der Waals surface area contributed by atoms with Crippen LogP contribution in [0.2, 0.25) is 5.02 Å². The molecule has 5 heteroatoms. The van der Waals surface area contributed by atoms with Crippen molar-refractivity contribution in [1.82, 2.24) is 0 Å². The predicted molar refractivity (Wildman–Crippen MR) is 86.9 cm³/mol. The quantitative estimate of drug-likeness (QED) is 0.800. The largest absolute Gasteiger partial charge is 0.493 e. The molecule has 1 unspecified atom stereocenters. The van der Waals surface area contributed by atoms with Gasteiger partial charge in [-0.05, 0) is 46.1 Å². The molecule has 0 saturated carbocycles. The lowest BCUT2D eigenvalue weighted by atomic mass is 9.93. The van der Waals surface area contributed by atoms with Gasteiger partial charge >= 0.3 is 0 Å². The third-order valence-corrected chi connectivity index (χ3v) is 4.54. The molecule has 0 saturated heterocycles. The average molecular weight is 371 g/mol. The molecular formula is C16H14BrClFNO. The SMILES string of the molecule is Fc1cc(Cl)c(NCC2CCOc3ccccc32)c(Br)c1. The molecule has 1 heterocycles. The number of anilines is 1. The van der Waals surface area contributed by atoms with Crippen LogP contribution in [-0.2, 0) is 0 Å². The van der Waals surface area contributed by atoms with Crippen LogP contribution < -0.4 is 10.1 Å². The highest BCUT2D eigenvalue weighted by Crippen LogP contribution is 2.36. The van der Waals surface area contributed by atoms with E-state index in [2.05, 4.69) is 27.3 Å². The van der Waals surface area contributed by atoms with Crippen LogP contribution in [0.5, 0.6) is 5.75 Å². The van der Waals surface area contributed by atoms with Crippen LogP contribution in [0.15, 0.2) is 40.9 Å². The fraction of sp³-hybridized carbons (Fsp3) is 0.250. The molecule has 1 aliphatic rings. The van der Waals surface area contributed by atoms with Crippen LogP contribution in [-0.4, -0.2) is 13.2 Å². The van der Waals surface area contributed by atoms with Crippen molar-refractivity contribution in [1.29, 1.82) is 0 Å². The van der Waals surface area contributed by atoms with Gasteiger partial charge in [-0.15, -0.1) is 0 Å². The van der Waals surface area contributed by atoms with E-state index in [0.29, 0.717) is 22.0 Å². The lowest BCUT2D eigenvalue weighted by Gasteiger charge is -2.26. The van der Waals surface area contributed by atoms with Crippen LogP contribution in [0.4, 0.5) is 10.1 Å². The van der Waals surface area contributed by atoms with E-state index in [1.165, 1.54) is 17.7 Å². The zero-order valence-corrected chi connectivity index (χ0v) is 13.5. The fourth-order valence-electron chi connectivity index (χ4n) is 2.56. The van der Waals surface area contributed by atoms with E-state index in [0.717, 1.165) is 24.4 Å². The molecule has 1 atom stereocenters. The lowest BCUT2D eigenvalue weighted by molar-refractivity contribution is 0.270. The van der Waals surface area contributed by atoms with Gasteiger partial charge in [0.05, 0.1) is 17.3 Å². The number of hydrogen-bond donors (Lipinski definition) is 1. The van der Waals surface area contributed by atoms with Crippen LogP contribution in [0, 0.1) is 5.82 Å². The zero-order valence-electron chi connectivity index (χ0n) is 11.2. The summed E-state index contributed by atoms with van der Waals surface area (Å²) in [5, 5.41) is 3.70. The summed E-state index contributed by atoms with van der Waals surface area (Å²) in [6, 6.07) is 10.8. The summed E-state index contributed by atoms with van der Waals surface area (Å²) in [6.45, 7) is 1.44. The van der Waals surface area contributed by atoms with Crippen molar-refractivity contribution in [3.8, 4) is 5.75 Å². The Hall–Kier alpha value is -1.26. The number of rotatable bonds is 3. The monoisotopic (exact) mass is 369 g/mol. The molecule has 1 N–H and O–H groups in total. The zero-order chi connectivity index (χ0) is 14.8. The van der Waals surface area contributed by atoms with Crippen molar-refractivity contribution in [3.05, 3.63) is 57.3 Å². The minimum absolute atomic E-state index is 0.350. The van der Waals surface area contributed by atoms with E-state index >= 15 is 0 Å². The Morgan fingerprint density at radius 1 is 1.33 bits per heavy atom. The first-order valence-electron chi connectivity index (χ1n) is 6.75. The fourth-order valence-corrected chi connectivity index (χ4v) is 3.52. The van der Waals surface area contributed by atoms with Crippen LogP contribution in [0.1, 0.15) is 17.9 Å². The normalized spacial score (nSPS) is 17.0. The summed E-state index contributed by atoms with van der Waals surface area (Å²) in [6.07, 6.45) is 0.945. The second-order valence-electron chi connectivity index (χ2n) is 5.00. The van der Waals surface area contributed by atoms with Gasteiger partial charge in [-0.3, -0.25) is 0 Å². The van der Waals surface area contributed by atoms with Gasteiger partial charge in [0.15, 0.2) is 0 Å². The first kappa shape index (κ1) is 14.7. The summed E-state index contributed by atoms with van der Waals surface area (Å²) in [4.78, 5) is 0. The second-order valence-corrected chi connectivity index (χ2v) is 6.26. The Kier molecular flexibility index (Phi) is 4.36. The minimum atomic E-state index is -0.353. The molecule has 2 nitrogen and oxygen atoms in total. The van der Waals surface area contributed by atoms with Crippen molar-refractivity contribution in [3.63, 3.8) is 0 Å². The molecule has 2 aromatic carbocycles. The number of nitrogens with one attached hydrogen (secondary N) is 1. The summed E-state index contributed by atoms with van der Waals surface area (Å²) in [5.41, 5.74) is 1.92. The molecular weight excluding hydrogens is 357 g/mol. The summed E-state index contributed by atoms with van der Waals surface area (Å²) in [7, 11) is 0.